The fourth-order valence-corrected chi connectivity index (χ4v) is 1.65. The lowest BCUT2D eigenvalue weighted by Gasteiger charge is -2.15. The predicted octanol–water partition coefficient (Wildman–Crippen LogP) is 1.66. The lowest BCUT2D eigenvalue weighted by Crippen LogP contribution is -2.34. The lowest BCUT2D eigenvalue weighted by molar-refractivity contribution is 0.726. The van der Waals surface area contributed by atoms with Gasteiger partial charge in [0.25, 0.3) is 5.56 Å². The number of nitrogens with one attached hydrogen (secondary N) is 1. The summed E-state index contributed by atoms with van der Waals surface area (Å²) in [6, 6.07) is 5.87. The second kappa shape index (κ2) is 3.96. The Kier molecular flexibility index (Phi) is 2.64. The molecule has 2 aromatic heterocycles. The summed E-state index contributed by atoms with van der Waals surface area (Å²) in [5.41, 5.74) is 4.45. The monoisotopic (exact) mass is 217 g/mol. The fraction of sp³-hybridized carbons (Fsp3) is 0.333. The molecule has 2 heterocycles. The number of hydrogen-bond donors (Lipinski definition) is 1. The van der Waals surface area contributed by atoms with Crippen molar-refractivity contribution in [3.8, 4) is 0 Å². The molecule has 0 aliphatic rings. The number of aromatic nitrogens is 2. The standard InChI is InChI=1S/C12H15N3O/c1-8(2)14-15-11-10(5-4-6-13-11)7-9(3)12(15)16/h4-8,14H,1-3H3. The highest BCUT2D eigenvalue weighted by Gasteiger charge is 2.07. The molecule has 0 fully saturated rings. The molecule has 4 nitrogen and oxygen atoms in total. The first kappa shape index (κ1) is 10.7. The van der Waals surface area contributed by atoms with Gasteiger partial charge in [-0.05, 0) is 39.0 Å². The van der Waals surface area contributed by atoms with Crippen LogP contribution in [0.5, 0.6) is 0 Å². The van der Waals surface area contributed by atoms with E-state index in [4.69, 9.17) is 0 Å². The van der Waals surface area contributed by atoms with E-state index in [9.17, 15) is 4.79 Å². The fourth-order valence-electron chi connectivity index (χ4n) is 1.65. The van der Waals surface area contributed by atoms with Crippen LogP contribution in [0, 0.1) is 6.92 Å². The number of pyridine rings is 2. The second-order valence-electron chi connectivity index (χ2n) is 4.17. The average Bonchev–Trinajstić information content (AvgIpc) is 2.24. The van der Waals surface area contributed by atoms with Gasteiger partial charge in [-0.2, -0.15) is 0 Å². The largest absolute Gasteiger partial charge is 0.319 e. The highest BCUT2D eigenvalue weighted by atomic mass is 16.1. The summed E-state index contributed by atoms with van der Waals surface area (Å²) in [7, 11) is 0. The van der Waals surface area contributed by atoms with Gasteiger partial charge in [0.05, 0.1) is 0 Å². The molecule has 0 amide bonds. The Labute approximate surface area is 93.9 Å². The molecule has 4 heteroatoms. The summed E-state index contributed by atoms with van der Waals surface area (Å²) in [5.74, 6) is 0. The van der Waals surface area contributed by atoms with E-state index in [0.717, 1.165) is 5.39 Å². The molecule has 0 radical (unpaired) electrons. The molecular weight excluding hydrogens is 202 g/mol. The number of fused-ring (bicyclic) bond motifs is 1. The topological polar surface area (TPSA) is 46.9 Å². The first-order valence-corrected chi connectivity index (χ1v) is 5.33. The van der Waals surface area contributed by atoms with E-state index in [1.807, 2.05) is 39.0 Å². The molecule has 0 aromatic carbocycles. The maximum absolute atomic E-state index is 12.0. The van der Waals surface area contributed by atoms with Crippen molar-refractivity contribution in [1.82, 2.24) is 9.66 Å². The zero-order valence-corrected chi connectivity index (χ0v) is 9.69. The zero-order valence-electron chi connectivity index (χ0n) is 9.69. The van der Waals surface area contributed by atoms with Crippen molar-refractivity contribution >= 4 is 11.0 Å². The van der Waals surface area contributed by atoms with Crippen molar-refractivity contribution in [1.29, 1.82) is 0 Å². The van der Waals surface area contributed by atoms with Crippen molar-refractivity contribution < 1.29 is 0 Å². The summed E-state index contributed by atoms with van der Waals surface area (Å²) in [6.45, 7) is 5.79. The number of hydrogen-bond acceptors (Lipinski definition) is 3. The quantitative estimate of drug-likeness (QED) is 0.832. The summed E-state index contributed by atoms with van der Waals surface area (Å²) in [5, 5.41) is 0.966. The Morgan fingerprint density at radius 1 is 1.44 bits per heavy atom. The van der Waals surface area contributed by atoms with Crippen LogP contribution in [0.4, 0.5) is 0 Å². The molecule has 0 saturated heterocycles. The molecule has 0 saturated carbocycles. The summed E-state index contributed by atoms with van der Waals surface area (Å²) in [6.07, 6.45) is 1.69. The van der Waals surface area contributed by atoms with E-state index < -0.39 is 0 Å². The van der Waals surface area contributed by atoms with E-state index in [1.165, 1.54) is 4.68 Å². The van der Waals surface area contributed by atoms with E-state index in [1.54, 1.807) is 6.20 Å². The maximum Gasteiger partial charge on any atom is 0.273 e. The van der Waals surface area contributed by atoms with E-state index in [2.05, 4.69) is 10.4 Å². The average molecular weight is 217 g/mol. The van der Waals surface area contributed by atoms with Gasteiger partial charge in [-0.3, -0.25) is 4.79 Å². The van der Waals surface area contributed by atoms with Gasteiger partial charge in [0.15, 0.2) is 5.65 Å². The van der Waals surface area contributed by atoms with Gasteiger partial charge in [-0.25, -0.2) is 9.66 Å². The number of rotatable bonds is 2. The maximum atomic E-state index is 12.0. The smallest absolute Gasteiger partial charge is 0.273 e. The van der Waals surface area contributed by atoms with E-state index >= 15 is 0 Å². The minimum Gasteiger partial charge on any atom is -0.319 e. The van der Waals surface area contributed by atoms with Crippen LogP contribution >= 0.6 is 0 Å². The molecule has 0 atom stereocenters. The van der Waals surface area contributed by atoms with Gasteiger partial charge in [0, 0.05) is 23.2 Å². The van der Waals surface area contributed by atoms with Gasteiger partial charge in [0.2, 0.25) is 0 Å². The Bertz CT molecular complexity index is 572. The minimum absolute atomic E-state index is 0.0418. The van der Waals surface area contributed by atoms with Crippen molar-refractivity contribution in [2.24, 2.45) is 0 Å². The van der Waals surface area contributed by atoms with Crippen LogP contribution in [-0.2, 0) is 0 Å². The van der Waals surface area contributed by atoms with Crippen molar-refractivity contribution in [2.45, 2.75) is 26.8 Å². The van der Waals surface area contributed by atoms with Crippen LogP contribution in [0.15, 0.2) is 29.2 Å². The van der Waals surface area contributed by atoms with Crippen LogP contribution in [0.25, 0.3) is 11.0 Å². The zero-order chi connectivity index (χ0) is 11.7. The molecular formula is C12H15N3O. The minimum atomic E-state index is -0.0418. The summed E-state index contributed by atoms with van der Waals surface area (Å²) in [4.78, 5) is 16.2. The van der Waals surface area contributed by atoms with Gasteiger partial charge in [-0.15, -0.1) is 0 Å². The Hall–Kier alpha value is -1.84. The third kappa shape index (κ3) is 1.78. The highest BCUT2D eigenvalue weighted by Crippen LogP contribution is 2.09. The van der Waals surface area contributed by atoms with Gasteiger partial charge >= 0.3 is 0 Å². The number of nitrogens with zero attached hydrogens (tertiary/aromatic N) is 2. The Morgan fingerprint density at radius 2 is 2.19 bits per heavy atom. The first-order chi connectivity index (χ1) is 7.59. The molecule has 1 N–H and O–H groups in total. The third-order valence-corrected chi connectivity index (χ3v) is 2.33. The normalized spacial score (nSPS) is 11.0. The molecule has 0 bridgehead atoms. The molecule has 0 aliphatic heterocycles. The third-order valence-electron chi connectivity index (χ3n) is 2.33. The van der Waals surface area contributed by atoms with Crippen molar-refractivity contribution in [2.75, 3.05) is 5.43 Å². The van der Waals surface area contributed by atoms with E-state index in [-0.39, 0.29) is 11.6 Å². The first-order valence-electron chi connectivity index (χ1n) is 5.33. The Balaban J connectivity index is 2.76. The Morgan fingerprint density at radius 3 is 2.88 bits per heavy atom. The molecule has 0 unspecified atom stereocenters. The molecule has 16 heavy (non-hydrogen) atoms. The van der Waals surface area contributed by atoms with Crippen LogP contribution in [-0.4, -0.2) is 15.7 Å². The lowest BCUT2D eigenvalue weighted by atomic mass is 10.2. The molecule has 2 aromatic rings. The van der Waals surface area contributed by atoms with E-state index in [0.29, 0.717) is 11.2 Å². The SMILES string of the molecule is Cc1cc2cccnc2n(NC(C)C)c1=O. The number of aryl methyl sites for hydroxylation is 1. The van der Waals surface area contributed by atoms with Gasteiger partial charge < -0.3 is 5.43 Å². The highest BCUT2D eigenvalue weighted by molar-refractivity contribution is 5.75. The van der Waals surface area contributed by atoms with Gasteiger partial charge in [-0.1, -0.05) is 0 Å². The molecule has 0 spiro atoms. The molecule has 0 aliphatic carbocycles. The predicted molar refractivity (Wildman–Crippen MR) is 65.2 cm³/mol. The van der Waals surface area contributed by atoms with Crippen LogP contribution in [0.3, 0.4) is 0 Å². The van der Waals surface area contributed by atoms with Crippen molar-refractivity contribution in [3.63, 3.8) is 0 Å². The molecule has 2 rings (SSSR count). The summed E-state index contributed by atoms with van der Waals surface area (Å²) >= 11 is 0. The van der Waals surface area contributed by atoms with Crippen LogP contribution in [0.1, 0.15) is 19.4 Å². The summed E-state index contributed by atoms with van der Waals surface area (Å²) < 4.78 is 1.52. The second-order valence-corrected chi connectivity index (χ2v) is 4.17. The van der Waals surface area contributed by atoms with Gasteiger partial charge in [0.1, 0.15) is 0 Å². The van der Waals surface area contributed by atoms with Crippen LogP contribution < -0.4 is 11.0 Å². The molecule has 84 valence electrons. The van der Waals surface area contributed by atoms with Crippen LogP contribution in [0.2, 0.25) is 0 Å². The van der Waals surface area contributed by atoms with Crippen molar-refractivity contribution in [3.05, 3.63) is 40.3 Å².